The Hall–Kier alpha value is -0.441. The molecule has 0 aliphatic carbocycles. The van der Waals surface area contributed by atoms with E-state index in [-0.39, 0.29) is 20.5 Å². The van der Waals surface area contributed by atoms with E-state index in [4.69, 9.17) is 12.2 Å². The Kier molecular flexibility index (Phi) is 2.37. The molecule has 13 heavy (non-hydrogen) atoms. The second-order valence-corrected chi connectivity index (χ2v) is 5.35. The molecule has 0 saturated carbocycles. The minimum atomic E-state index is -0.165. The molecular weight excluding hydrogens is 252 g/mol. The van der Waals surface area contributed by atoms with Crippen LogP contribution in [0.2, 0.25) is 0 Å². The molecule has 4 heteroatoms. The molecule has 2 aromatic rings. The maximum atomic E-state index is 12.9. The Labute approximate surface area is 86.8 Å². The van der Waals surface area contributed by atoms with E-state index in [9.17, 15) is 4.39 Å². The van der Waals surface area contributed by atoms with Gasteiger partial charge < -0.3 is 0 Å². The van der Waals surface area contributed by atoms with Crippen LogP contribution in [0.1, 0.15) is 6.92 Å². The summed E-state index contributed by atoms with van der Waals surface area (Å²) in [6, 6.07) is 4.85. The molecule has 1 aromatic carbocycles. The third-order valence-electron chi connectivity index (χ3n) is 1.90. The summed E-state index contributed by atoms with van der Waals surface area (Å²) in [6.07, 6.45) is 0. The van der Waals surface area contributed by atoms with Gasteiger partial charge in [0.1, 0.15) is 0 Å². The van der Waals surface area contributed by atoms with Crippen LogP contribution < -0.4 is 0 Å². The fourth-order valence-corrected chi connectivity index (χ4v) is 3.95. The van der Waals surface area contributed by atoms with Crippen molar-refractivity contribution in [3.63, 3.8) is 0 Å². The first kappa shape index (κ1) is 9.13. The molecular formula is C9H8FNSSe. The van der Waals surface area contributed by atoms with Crippen molar-refractivity contribution in [2.24, 2.45) is 0 Å². The van der Waals surface area contributed by atoms with E-state index >= 15 is 0 Å². The topological polar surface area (TPSA) is 4.93 Å². The van der Waals surface area contributed by atoms with Crippen molar-refractivity contribution in [3.05, 3.63) is 28.7 Å². The first-order chi connectivity index (χ1) is 6.22. The van der Waals surface area contributed by atoms with Crippen LogP contribution in [0.3, 0.4) is 0 Å². The zero-order chi connectivity index (χ0) is 9.42. The molecule has 0 unspecified atom stereocenters. The summed E-state index contributed by atoms with van der Waals surface area (Å²) in [5, 5.41) is 1.04. The molecule has 1 nitrogen and oxygen atoms in total. The summed E-state index contributed by atoms with van der Waals surface area (Å²) < 4.78 is 16.9. The Morgan fingerprint density at radius 3 is 3.00 bits per heavy atom. The standard InChI is InChI=1S/C9H8FNSSe/c1-2-11-9(12)7-4-3-6(10)5-8(7)13-11/h3-5H,2H2,1H3. The van der Waals surface area contributed by atoms with Gasteiger partial charge in [-0.1, -0.05) is 0 Å². The molecule has 0 aliphatic heterocycles. The Morgan fingerprint density at radius 1 is 1.54 bits per heavy atom. The number of fused-ring (bicyclic) bond motifs is 1. The van der Waals surface area contributed by atoms with E-state index in [0.29, 0.717) is 0 Å². The predicted molar refractivity (Wildman–Crippen MR) is 55.3 cm³/mol. The van der Waals surface area contributed by atoms with Gasteiger partial charge in [0.2, 0.25) is 0 Å². The minimum absolute atomic E-state index is 0.165. The molecule has 0 N–H and O–H groups in total. The average Bonchev–Trinajstić information content (AvgIpc) is 2.42. The third-order valence-corrected chi connectivity index (χ3v) is 5.11. The quantitative estimate of drug-likeness (QED) is 0.563. The number of rotatable bonds is 1. The second-order valence-electron chi connectivity index (χ2n) is 2.73. The normalized spacial score (nSPS) is 10.9. The third kappa shape index (κ3) is 1.50. The van der Waals surface area contributed by atoms with Gasteiger partial charge in [-0.2, -0.15) is 0 Å². The molecule has 0 fully saturated rings. The van der Waals surface area contributed by atoms with Gasteiger partial charge in [0.05, 0.1) is 0 Å². The van der Waals surface area contributed by atoms with Gasteiger partial charge in [0.15, 0.2) is 0 Å². The molecule has 0 saturated heterocycles. The molecule has 0 amide bonds. The van der Waals surface area contributed by atoms with Crippen LogP contribution in [0.15, 0.2) is 18.2 Å². The van der Waals surface area contributed by atoms with Crippen molar-refractivity contribution in [3.8, 4) is 0 Å². The predicted octanol–water partition coefficient (Wildman–Crippen LogP) is 2.59. The Morgan fingerprint density at radius 2 is 2.31 bits per heavy atom. The number of nitrogens with zero attached hydrogens (tertiary/aromatic N) is 1. The van der Waals surface area contributed by atoms with E-state index in [0.717, 1.165) is 20.8 Å². The van der Waals surface area contributed by atoms with E-state index in [2.05, 4.69) is 10.5 Å². The van der Waals surface area contributed by atoms with Crippen LogP contribution in [0, 0.1) is 10.5 Å². The van der Waals surface area contributed by atoms with Crippen molar-refractivity contribution in [2.75, 3.05) is 0 Å². The molecule has 0 spiro atoms. The molecule has 0 bridgehead atoms. The fourth-order valence-electron chi connectivity index (χ4n) is 1.25. The number of benzene rings is 1. The number of aromatic nitrogens is 1. The number of hydrogen-bond donors (Lipinski definition) is 0. The van der Waals surface area contributed by atoms with E-state index in [1.807, 2.05) is 0 Å². The van der Waals surface area contributed by atoms with Gasteiger partial charge in [-0.05, 0) is 0 Å². The molecule has 0 atom stereocenters. The van der Waals surface area contributed by atoms with Crippen LogP contribution in [-0.4, -0.2) is 18.3 Å². The summed E-state index contributed by atoms with van der Waals surface area (Å²) in [7, 11) is 0. The van der Waals surface area contributed by atoms with E-state index in [1.165, 1.54) is 6.07 Å². The van der Waals surface area contributed by atoms with Crippen molar-refractivity contribution < 1.29 is 4.39 Å². The molecule has 0 aliphatic rings. The van der Waals surface area contributed by atoms with Gasteiger partial charge in [-0.25, -0.2) is 0 Å². The van der Waals surface area contributed by atoms with Gasteiger partial charge in [-0.3, -0.25) is 0 Å². The van der Waals surface area contributed by atoms with Crippen LogP contribution >= 0.6 is 12.2 Å². The maximum absolute atomic E-state index is 12.9. The van der Waals surface area contributed by atoms with Crippen LogP contribution in [0.5, 0.6) is 0 Å². The first-order valence-corrected chi connectivity index (χ1v) is 6.05. The van der Waals surface area contributed by atoms with Crippen molar-refractivity contribution in [2.45, 2.75) is 13.5 Å². The summed E-state index contributed by atoms with van der Waals surface area (Å²) in [4.78, 5) is 0. The molecule has 0 radical (unpaired) electrons. The monoisotopic (exact) mass is 261 g/mol. The molecule has 1 aromatic heterocycles. The number of hydrogen-bond acceptors (Lipinski definition) is 1. The van der Waals surface area contributed by atoms with Crippen molar-refractivity contribution in [1.82, 2.24) is 3.56 Å². The first-order valence-electron chi connectivity index (χ1n) is 4.01. The van der Waals surface area contributed by atoms with E-state index < -0.39 is 0 Å². The molecule has 68 valence electrons. The average molecular weight is 260 g/mol. The van der Waals surface area contributed by atoms with Gasteiger partial charge in [0, 0.05) is 0 Å². The Bertz CT molecular complexity index is 500. The molecule has 1 heterocycles. The van der Waals surface area contributed by atoms with Crippen LogP contribution in [0.25, 0.3) is 9.65 Å². The SMILES string of the molecule is CCn1[se]c2cc(F)ccc2c1=S. The summed E-state index contributed by atoms with van der Waals surface area (Å²) in [5.41, 5.74) is 0. The zero-order valence-electron chi connectivity index (χ0n) is 7.08. The summed E-state index contributed by atoms with van der Waals surface area (Å²) in [5.74, 6) is -0.165. The number of aryl methyl sites for hydroxylation is 1. The summed E-state index contributed by atoms with van der Waals surface area (Å²) in [6.45, 7) is 2.98. The van der Waals surface area contributed by atoms with Crippen LogP contribution in [0.4, 0.5) is 4.39 Å². The number of halogens is 1. The van der Waals surface area contributed by atoms with E-state index in [1.54, 1.807) is 12.1 Å². The Balaban J connectivity index is 2.84. The zero-order valence-corrected chi connectivity index (χ0v) is 9.61. The summed E-state index contributed by atoms with van der Waals surface area (Å²) >= 11 is 5.44. The van der Waals surface area contributed by atoms with Gasteiger partial charge >= 0.3 is 86.7 Å². The second kappa shape index (κ2) is 3.37. The van der Waals surface area contributed by atoms with Crippen molar-refractivity contribution >= 4 is 36.6 Å². The van der Waals surface area contributed by atoms with Gasteiger partial charge in [-0.15, -0.1) is 0 Å². The van der Waals surface area contributed by atoms with Crippen LogP contribution in [-0.2, 0) is 6.54 Å². The van der Waals surface area contributed by atoms with Gasteiger partial charge in [0.25, 0.3) is 0 Å². The fraction of sp³-hybridized carbons (Fsp3) is 0.222. The van der Waals surface area contributed by atoms with Crippen molar-refractivity contribution in [1.29, 1.82) is 0 Å². The molecule has 2 rings (SSSR count).